The third-order valence-corrected chi connectivity index (χ3v) is 15.0. The third-order valence-electron chi connectivity index (χ3n) is 15.0. The first-order valence-electron chi connectivity index (χ1n) is 26.7. The minimum absolute atomic E-state index is 0.122. The summed E-state index contributed by atoms with van der Waals surface area (Å²) in [5, 5.41) is 11.3. The molecule has 0 amide bonds. The number of nitrogens with zero attached hydrogens (tertiary/aromatic N) is 2. The summed E-state index contributed by atoms with van der Waals surface area (Å²) in [5.41, 5.74) is 19.8. The van der Waals surface area contributed by atoms with Gasteiger partial charge in [0.25, 0.3) is 0 Å². The Balaban J connectivity index is 1.56. The average molecular weight is 995 g/mol. The van der Waals surface area contributed by atoms with Crippen molar-refractivity contribution in [3.8, 4) is 44.5 Å². The van der Waals surface area contributed by atoms with Crippen LogP contribution in [0, 0.1) is 0 Å². The molecular weight excluding hydrogens is 917 g/mol. The Hall–Kier alpha value is -7.05. The van der Waals surface area contributed by atoms with Crippen LogP contribution in [0.3, 0.4) is 0 Å². The Morgan fingerprint density at radius 1 is 0.373 bits per heavy atom. The van der Waals surface area contributed by atoms with E-state index in [-0.39, 0.29) is 38.1 Å². The Morgan fingerprint density at radius 3 is 0.987 bits per heavy atom. The van der Waals surface area contributed by atoms with Crippen molar-refractivity contribution in [1.82, 2.24) is 19.9 Å². The van der Waals surface area contributed by atoms with Crippen molar-refractivity contribution in [2.75, 3.05) is 0 Å². The summed E-state index contributed by atoms with van der Waals surface area (Å²) < 4.78 is 0. The van der Waals surface area contributed by atoms with Crippen LogP contribution in [0.4, 0.5) is 0 Å². The van der Waals surface area contributed by atoms with Crippen LogP contribution < -0.4 is 0 Å². The molecule has 0 fully saturated rings. The van der Waals surface area contributed by atoms with Crippen molar-refractivity contribution >= 4 is 51.8 Å². The molecule has 9 rings (SSSR count). The van der Waals surface area contributed by atoms with E-state index in [9.17, 15) is 9.90 Å². The molecule has 0 spiro atoms. The van der Waals surface area contributed by atoms with Gasteiger partial charge in [-0.25, -0.2) is 14.8 Å². The molecule has 0 radical (unpaired) electrons. The van der Waals surface area contributed by atoms with Crippen molar-refractivity contribution in [2.24, 2.45) is 0 Å². The second-order valence-corrected chi connectivity index (χ2v) is 27.3. The SMILES string of the molecule is CC(C)(C)c1cc(-c2c3nc(c(-c4cc(C(C)(C)C)cc(C(C)(C)C)c4)c4ccc([nH]4)c(-c4ccccc4)c4nc(c(-c5cc(C(C)(C)C)cc(C(C)(C)C)c5)c5ccc2[nH]5)C=C4C(=O)O)C=C3)cc(C(C)(C)C)c1. The van der Waals surface area contributed by atoms with Gasteiger partial charge in [0.05, 0.1) is 28.3 Å². The van der Waals surface area contributed by atoms with E-state index in [4.69, 9.17) is 9.97 Å². The van der Waals surface area contributed by atoms with E-state index in [0.29, 0.717) is 17.0 Å². The molecule has 0 saturated heterocycles. The Labute approximate surface area is 446 Å². The topological polar surface area (TPSA) is 94.7 Å². The number of rotatable bonds is 5. The molecule has 75 heavy (non-hydrogen) atoms. The Bertz CT molecular complexity index is 3570. The number of H-pyrrole nitrogens is 2. The zero-order valence-electron chi connectivity index (χ0n) is 47.9. The van der Waals surface area contributed by atoms with Gasteiger partial charge in [0.1, 0.15) is 0 Å². The highest BCUT2D eigenvalue weighted by Crippen LogP contribution is 2.44. The van der Waals surface area contributed by atoms with Crippen LogP contribution in [0.5, 0.6) is 0 Å². The molecule has 7 aromatic rings. The first-order valence-corrected chi connectivity index (χ1v) is 26.7. The lowest BCUT2D eigenvalue weighted by molar-refractivity contribution is -0.130. The summed E-state index contributed by atoms with van der Waals surface area (Å²) in [6.45, 7) is 40.8. The van der Waals surface area contributed by atoms with Gasteiger partial charge in [0.15, 0.2) is 0 Å². The number of hydrogen-bond donors (Lipinski definition) is 3. The van der Waals surface area contributed by atoms with Crippen LogP contribution in [-0.4, -0.2) is 31.0 Å². The Morgan fingerprint density at radius 2 is 0.680 bits per heavy atom. The predicted molar refractivity (Wildman–Crippen MR) is 319 cm³/mol. The van der Waals surface area contributed by atoms with Gasteiger partial charge >= 0.3 is 5.97 Å². The molecule has 386 valence electrons. The molecule has 3 aromatic heterocycles. The van der Waals surface area contributed by atoms with Gasteiger partial charge in [-0.3, -0.25) is 0 Å². The maximum atomic E-state index is 13.9. The molecule has 6 heteroatoms. The van der Waals surface area contributed by atoms with Gasteiger partial charge in [-0.1, -0.05) is 210 Å². The molecule has 0 unspecified atom stereocenters. The molecule has 0 atom stereocenters. The number of benzene rings is 4. The molecule has 0 aliphatic carbocycles. The van der Waals surface area contributed by atoms with Crippen LogP contribution in [0.25, 0.3) is 90.4 Å². The average Bonchev–Trinajstić information content (AvgIpc) is 4.15. The fraction of sp³-hybridized carbons (Fsp3) is 0.348. The largest absolute Gasteiger partial charge is 0.478 e. The van der Waals surface area contributed by atoms with Gasteiger partial charge in [-0.2, -0.15) is 0 Å². The minimum atomic E-state index is -1.05. The number of aromatic nitrogens is 4. The second-order valence-electron chi connectivity index (χ2n) is 27.3. The van der Waals surface area contributed by atoms with Crippen molar-refractivity contribution in [3.05, 3.63) is 165 Å². The standard InChI is InChI=1S/C69H78N4O2/c1-64(2,3)44-30-41(31-45(36-44)65(4,5)6)58-51-24-25-52(70-51)59(42-32-46(66(7,8)9)37-47(33-42)67(10,11)12)54-28-29-56(72-54)61(40-22-20-19-21-23-40)62-50(63(74)75)39-57(73-62)60(55-27-26-53(58)71-55)43-34-48(68(13,14)15)38-49(35-43)69(16,17)18/h19-39,71-72H,1-18H3,(H,74,75). The zero-order chi connectivity index (χ0) is 54.5. The van der Waals surface area contributed by atoms with Gasteiger partial charge < -0.3 is 15.1 Å². The van der Waals surface area contributed by atoms with E-state index < -0.39 is 5.97 Å². The molecule has 4 aromatic carbocycles. The van der Waals surface area contributed by atoms with Crippen LogP contribution in [-0.2, 0) is 37.3 Å². The first-order chi connectivity index (χ1) is 34.8. The second kappa shape index (κ2) is 18.4. The minimum Gasteiger partial charge on any atom is -0.478 e. The van der Waals surface area contributed by atoms with Crippen molar-refractivity contribution < 1.29 is 9.90 Å². The summed E-state index contributed by atoms with van der Waals surface area (Å²) in [5.74, 6) is -1.05. The maximum absolute atomic E-state index is 13.9. The number of hydrogen-bond acceptors (Lipinski definition) is 3. The maximum Gasteiger partial charge on any atom is 0.337 e. The fourth-order valence-electron chi connectivity index (χ4n) is 10.2. The smallest absolute Gasteiger partial charge is 0.337 e. The van der Waals surface area contributed by atoms with E-state index >= 15 is 0 Å². The highest BCUT2D eigenvalue weighted by atomic mass is 16.4. The summed E-state index contributed by atoms with van der Waals surface area (Å²) >= 11 is 0. The lowest BCUT2D eigenvalue weighted by Crippen LogP contribution is -2.16. The highest BCUT2D eigenvalue weighted by molar-refractivity contribution is 6.24. The molecule has 0 saturated carbocycles. The quantitative estimate of drug-likeness (QED) is 0.160. The van der Waals surface area contributed by atoms with Gasteiger partial charge in [-0.05, 0) is 131 Å². The normalized spacial score (nSPS) is 13.6. The van der Waals surface area contributed by atoms with Gasteiger partial charge in [0.2, 0.25) is 0 Å². The van der Waals surface area contributed by atoms with Gasteiger partial charge in [0, 0.05) is 44.3 Å². The van der Waals surface area contributed by atoms with E-state index in [0.717, 1.165) is 72.4 Å². The number of carbonyl (C=O) groups is 1. The monoisotopic (exact) mass is 995 g/mol. The molecule has 8 bridgehead atoms. The number of carboxylic acids is 1. The molecular formula is C69H78N4O2. The number of aliphatic carboxylic acids is 1. The number of nitrogens with one attached hydrogen (secondary N) is 2. The van der Waals surface area contributed by atoms with E-state index in [1.807, 2.05) is 30.3 Å². The molecule has 6 nitrogen and oxygen atoms in total. The van der Waals surface area contributed by atoms with E-state index in [1.165, 1.54) is 33.4 Å². The summed E-state index contributed by atoms with van der Waals surface area (Å²) in [7, 11) is 0. The summed E-state index contributed by atoms with van der Waals surface area (Å²) in [4.78, 5) is 33.0. The van der Waals surface area contributed by atoms with Crippen LogP contribution in [0.2, 0.25) is 0 Å². The van der Waals surface area contributed by atoms with Crippen LogP contribution >= 0.6 is 0 Å². The first kappa shape index (κ1) is 52.8. The molecule has 2 aliphatic rings. The number of aromatic amines is 2. The van der Waals surface area contributed by atoms with E-state index in [2.05, 4.69) is 226 Å². The third kappa shape index (κ3) is 10.5. The van der Waals surface area contributed by atoms with E-state index in [1.54, 1.807) is 6.08 Å². The number of carboxylic acid groups (broad SMARTS) is 1. The Kier molecular flexibility index (Phi) is 12.9. The fourth-order valence-corrected chi connectivity index (χ4v) is 10.2. The highest BCUT2D eigenvalue weighted by Gasteiger charge is 2.30. The molecule has 2 aliphatic heterocycles. The lowest BCUT2D eigenvalue weighted by atomic mass is 9.78. The molecule has 5 heterocycles. The molecule has 3 N–H and O–H groups in total. The zero-order valence-corrected chi connectivity index (χ0v) is 47.9. The van der Waals surface area contributed by atoms with Crippen molar-refractivity contribution in [1.29, 1.82) is 0 Å². The lowest BCUT2D eigenvalue weighted by Gasteiger charge is -2.26. The van der Waals surface area contributed by atoms with Crippen molar-refractivity contribution in [3.63, 3.8) is 0 Å². The van der Waals surface area contributed by atoms with Crippen LogP contribution in [0.15, 0.2) is 109 Å². The number of fused-ring (bicyclic) bond motifs is 8. The van der Waals surface area contributed by atoms with Crippen molar-refractivity contribution in [2.45, 2.75) is 157 Å². The summed E-state index contributed by atoms with van der Waals surface area (Å²) in [6.07, 6.45) is 6.13. The van der Waals surface area contributed by atoms with Gasteiger partial charge in [-0.15, -0.1) is 0 Å². The summed E-state index contributed by atoms with van der Waals surface area (Å²) in [6, 6.07) is 39.5. The predicted octanol–water partition coefficient (Wildman–Crippen LogP) is 18.6. The van der Waals surface area contributed by atoms with Crippen LogP contribution in [0.1, 0.15) is 181 Å².